The van der Waals surface area contributed by atoms with Gasteiger partial charge in [-0.05, 0) is 29.7 Å². The third-order valence-corrected chi connectivity index (χ3v) is 4.82. The molecule has 0 spiro atoms. The minimum atomic E-state index is -0.722. The van der Waals surface area contributed by atoms with E-state index in [9.17, 15) is 9.90 Å². The first kappa shape index (κ1) is 14.4. The average Bonchev–Trinajstić information content (AvgIpc) is 3.07. The summed E-state index contributed by atoms with van der Waals surface area (Å²) in [5, 5.41) is 21.7. The third kappa shape index (κ3) is 2.92. The molecule has 1 aliphatic heterocycles. The average molecular weight is 294 g/mol. The SMILES string of the molecule is O=C(O)C1(Cn2nnnc2C2CCOC2)CCCCCC1. The lowest BCUT2D eigenvalue weighted by Gasteiger charge is -2.28. The number of rotatable bonds is 4. The highest BCUT2D eigenvalue weighted by Crippen LogP contribution is 2.37. The Bertz CT molecular complexity index is 488. The van der Waals surface area contributed by atoms with Gasteiger partial charge < -0.3 is 9.84 Å². The van der Waals surface area contributed by atoms with E-state index in [1.54, 1.807) is 4.68 Å². The summed E-state index contributed by atoms with van der Waals surface area (Å²) in [7, 11) is 0. The van der Waals surface area contributed by atoms with Gasteiger partial charge in [0.05, 0.1) is 18.6 Å². The fourth-order valence-electron chi connectivity index (χ4n) is 3.49. The molecule has 0 aromatic carbocycles. The van der Waals surface area contributed by atoms with Crippen molar-refractivity contribution in [2.24, 2.45) is 5.41 Å². The molecular weight excluding hydrogens is 272 g/mol. The Morgan fingerprint density at radius 1 is 1.33 bits per heavy atom. The number of aliphatic carboxylic acids is 1. The number of aromatic nitrogens is 4. The van der Waals surface area contributed by atoms with Crippen molar-refractivity contribution in [2.45, 2.75) is 57.4 Å². The molecule has 1 N–H and O–H groups in total. The summed E-state index contributed by atoms with van der Waals surface area (Å²) in [4.78, 5) is 11.9. The van der Waals surface area contributed by atoms with E-state index in [4.69, 9.17) is 4.74 Å². The maximum atomic E-state index is 11.9. The fraction of sp³-hybridized carbons (Fsp3) is 0.857. The molecule has 21 heavy (non-hydrogen) atoms. The number of nitrogens with zero attached hydrogens (tertiary/aromatic N) is 4. The Morgan fingerprint density at radius 3 is 2.71 bits per heavy atom. The predicted molar refractivity (Wildman–Crippen MR) is 73.8 cm³/mol. The molecule has 1 saturated heterocycles. The van der Waals surface area contributed by atoms with Crippen LogP contribution in [0.4, 0.5) is 0 Å². The van der Waals surface area contributed by atoms with Crippen molar-refractivity contribution in [2.75, 3.05) is 13.2 Å². The highest BCUT2D eigenvalue weighted by atomic mass is 16.5. The predicted octanol–water partition coefficient (Wildman–Crippen LogP) is 1.60. The largest absolute Gasteiger partial charge is 0.481 e. The van der Waals surface area contributed by atoms with E-state index in [-0.39, 0.29) is 5.92 Å². The fourth-order valence-corrected chi connectivity index (χ4v) is 3.49. The number of carboxylic acids is 1. The molecule has 2 fully saturated rings. The van der Waals surface area contributed by atoms with Crippen LogP contribution in [0.3, 0.4) is 0 Å². The molecule has 7 heteroatoms. The number of tetrazole rings is 1. The van der Waals surface area contributed by atoms with Crippen LogP contribution in [-0.2, 0) is 16.1 Å². The summed E-state index contributed by atoms with van der Waals surface area (Å²) < 4.78 is 7.10. The molecule has 0 bridgehead atoms. The van der Waals surface area contributed by atoms with Crippen molar-refractivity contribution in [1.82, 2.24) is 20.2 Å². The lowest BCUT2D eigenvalue weighted by molar-refractivity contribution is -0.151. The Labute approximate surface area is 123 Å². The highest BCUT2D eigenvalue weighted by molar-refractivity contribution is 5.74. The molecule has 1 unspecified atom stereocenters. The zero-order chi connectivity index (χ0) is 14.7. The van der Waals surface area contributed by atoms with Crippen LogP contribution in [0.5, 0.6) is 0 Å². The Balaban J connectivity index is 1.82. The van der Waals surface area contributed by atoms with Gasteiger partial charge >= 0.3 is 5.97 Å². The molecule has 1 aromatic heterocycles. The molecule has 2 aliphatic rings. The first-order valence-corrected chi connectivity index (χ1v) is 7.78. The van der Waals surface area contributed by atoms with E-state index in [2.05, 4.69) is 15.5 Å². The van der Waals surface area contributed by atoms with Gasteiger partial charge in [-0.15, -0.1) is 5.10 Å². The quantitative estimate of drug-likeness (QED) is 0.848. The highest BCUT2D eigenvalue weighted by Gasteiger charge is 2.40. The van der Waals surface area contributed by atoms with Crippen LogP contribution < -0.4 is 0 Å². The molecule has 7 nitrogen and oxygen atoms in total. The van der Waals surface area contributed by atoms with Crippen LogP contribution in [0.25, 0.3) is 0 Å². The first-order chi connectivity index (χ1) is 10.2. The number of carbonyl (C=O) groups is 1. The van der Waals surface area contributed by atoms with Crippen molar-refractivity contribution >= 4 is 5.97 Å². The summed E-state index contributed by atoms with van der Waals surface area (Å²) in [5.41, 5.74) is -0.722. The number of carboxylic acid groups (broad SMARTS) is 1. The van der Waals surface area contributed by atoms with Crippen molar-refractivity contribution in [3.63, 3.8) is 0 Å². The number of hydrogen-bond acceptors (Lipinski definition) is 5. The van der Waals surface area contributed by atoms with E-state index < -0.39 is 11.4 Å². The zero-order valence-electron chi connectivity index (χ0n) is 12.2. The normalized spacial score (nSPS) is 25.6. The van der Waals surface area contributed by atoms with Gasteiger partial charge in [0.1, 0.15) is 0 Å². The summed E-state index contributed by atoms with van der Waals surface area (Å²) in [5.74, 6) is 0.252. The molecule has 116 valence electrons. The van der Waals surface area contributed by atoms with E-state index in [1.807, 2.05) is 0 Å². The standard InChI is InChI=1S/C14H22N4O3/c19-13(20)14(6-3-1-2-4-7-14)10-18-12(15-16-17-18)11-5-8-21-9-11/h11H,1-10H2,(H,19,20). The Kier molecular flexibility index (Phi) is 4.19. The van der Waals surface area contributed by atoms with Crippen molar-refractivity contribution in [3.8, 4) is 0 Å². The summed E-state index contributed by atoms with van der Waals surface area (Å²) >= 11 is 0. The van der Waals surface area contributed by atoms with Gasteiger partial charge in [-0.2, -0.15) is 0 Å². The smallest absolute Gasteiger partial charge is 0.311 e. The molecule has 3 rings (SSSR count). The van der Waals surface area contributed by atoms with Gasteiger partial charge in [0.25, 0.3) is 0 Å². The van der Waals surface area contributed by atoms with E-state index in [1.165, 1.54) is 0 Å². The lowest BCUT2D eigenvalue weighted by atomic mass is 9.80. The van der Waals surface area contributed by atoms with Gasteiger partial charge in [-0.3, -0.25) is 4.79 Å². The van der Waals surface area contributed by atoms with Crippen LogP contribution >= 0.6 is 0 Å². The van der Waals surface area contributed by atoms with Crippen LogP contribution in [0.2, 0.25) is 0 Å². The molecule has 2 heterocycles. The number of ether oxygens (including phenoxy) is 1. The van der Waals surface area contributed by atoms with Crippen molar-refractivity contribution in [3.05, 3.63) is 5.82 Å². The summed E-state index contributed by atoms with van der Waals surface area (Å²) in [6.07, 6.45) is 6.50. The van der Waals surface area contributed by atoms with E-state index >= 15 is 0 Å². The minimum absolute atomic E-state index is 0.191. The van der Waals surface area contributed by atoms with Gasteiger partial charge in [0.15, 0.2) is 5.82 Å². The monoisotopic (exact) mass is 294 g/mol. The van der Waals surface area contributed by atoms with Gasteiger partial charge in [-0.25, -0.2) is 4.68 Å². The molecule has 1 aromatic rings. The third-order valence-electron chi connectivity index (χ3n) is 4.82. The zero-order valence-corrected chi connectivity index (χ0v) is 12.2. The summed E-state index contributed by atoms with van der Waals surface area (Å²) in [6, 6.07) is 0. The van der Waals surface area contributed by atoms with Crippen molar-refractivity contribution in [1.29, 1.82) is 0 Å². The lowest BCUT2D eigenvalue weighted by Crippen LogP contribution is -2.36. The molecule has 1 aliphatic carbocycles. The Hall–Kier alpha value is -1.50. The van der Waals surface area contributed by atoms with Crippen LogP contribution in [0.1, 0.15) is 56.7 Å². The molecule has 1 atom stereocenters. The van der Waals surface area contributed by atoms with Crippen LogP contribution in [-0.4, -0.2) is 44.5 Å². The second-order valence-electron chi connectivity index (χ2n) is 6.25. The topological polar surface area (TPSA) is 90.1 Å². The minimum Gasteiger partial charge on any atom is -0.481 e. The van der Waals surface area contributed by atoms with Gasteiger partial charge in [0.2, 0.25) is 0 Å². The Morgan fingerprint density at radius 2 is 2.10 bits per heavy atom. The first-order valence-electron chi connectivity index (χ1n) is 7.78. The maximum Gasteiger partial charge on any atom is 0.311 e. The molecule has 0 radical (unpaired) electrons. The molecule has 1 saturated carbocycles. The van der Waals surface area contributed by atoms with E-state index in [0.717, 1.165) is 44.5 Å². The molecule has 0 amide bonds. The maximum absolute atomic E-state index is 11.9. The number of hydrogen-bond donors (Lipinski definition) is 1. The van der Waals surface area contributed by atoms with Crippen molar-refractivity contribution < 1.29 is 14.6 Å². The molecular formula is C14H22N4O3. The van der Waals surface area contributed by atoms with Crippen LogP contribution in [0.15, 0.2) is 0 Å². The van der Waals surface area contributed by atoms with Gasteiger partial charge in [0, 0.05) is 12.5 Å². The van der Waals surface area contributed by atoms with Crippen LogP contribution in [0, 0.1) is 5.41 Å². The summed E-state index contributed by atoms with van der Waals surface area (Å²) in [6.45, 7) is 1.73. The second kappa shape index (κ2) is 6.09. The second-order valence-corrected chi connectivity index (χ2v) is 6.25. The van der Waals surface area contributed by atoms with E-state index in [0.29, 0.717) is 26.0 Å². The van der Waals surface area contributed by atoms with Gasteiger partial charge in [-0.1, -0.05) is 25.7 Å².